The predicted octanol–water partition coefficient (Wildman–Crippen LogP) is 3.12. The van der Waals surface area contributed by atoms with Crippen molar-refractivity contribution < 1.29 is 9.53 Å². The number of ketones is 1. The Hall–Kier alpha value is -0.870. The molecule has 0 N–H and O–H groups in total. The molecule has 0 saturated carbocycles. The number of nitrogens with zero attached hydrogens (tertiary/aromatic N) is 1. The van der Waals surface area contributed by atoms with Crippen LogP contribution in [0.1, 0.15) is 24.2 Å². The lowest BCUT2D eigenvalue weighted by atomic mass is 10.1. The Kier molecular flexibility index (Phi) is 5.65. The number of carbonyl (C=O) groups is 1. The summed E-state index contributed by atoms with van der Waals surface area (Å²) in [5.74, 6) is 0.0794. The molecule has 1 aromatic rings. The fraction of sp³-hybridized carbons (Fsp3) is 0.462. The average Bonchev–Trinajstić information content (AvgIpc) is 2.28. The summed E-state index contributed by atoms with van der Waals surface area (Å²) < 4.78 is 6.29. The van der Waals surface area contributed by atoms with Gasteiger partial charge in [0.2, 0.25) is 0 Å². The molecule has 0 aliphatic carbocycles. The summed E-state index contributed by atoms with van der Waals surface area (Å²) >= 11 is 3.43. The van der Waals surface area contributed by atoms with E-state index in [2.05, 4.69) is 15.9 Å². The first-order valence-electron chi connectivity index (χ1n) is 5.65. The molecule has 0 aliphatic rings. The van der Waals surface area contributed by atoms with Crippen LogP contribution in [0.4, 0.5) is 5.69 Å². The van der Waals surface area contributed by atoms with Crippen molar-refractivity contribution in [2.75, 3.05) is 31.7 Å². The normalized spacial score (nSPS) is 10.4. The van der Waals surface area contributed by atoms with E-state index in [-0.39, 0.29) is 5.78 Å². The zero-order valence-electron chi connectivity index (χ0n) is 10.5. The number of anilines is 1. The molecule has 0 aliphatic heterocycles. The maximum absolute atomic E-state index is 11.5. The first-order valence-corrected chi connectivity index (χ1v) is 6.45. The highest BCUT2D eigenvalue weighted by molar-refractivity contribution is 9.10. The summed E-state index contributed by atoms with van der Waals surface area (Å²) in [4.78, 5) is 13.6. The number of Topliss-reactive ketones (excluding diaryl/α,β-unsaturated/α-hetero) is 1. The van der Waals surface area contributed by atoms with Gasteiger partial charge in [0.05, 0.1) is 6.61 Å². The third-order valence-corrected chi connectivity index (χ3v) is 3.02. The summed E-state index contributed by atoms with van der Waals surface area (Å²) in [5, 5.41) is 0. The second-order valence-corrected chi connectivity index (χ2v) is 4.75. The van der Waals surface area contributed by atoms with E-state index in [1.165, 1.54) is 0 Å². The standard InChI is InChI=1S/C13H18BrNO2/c1-4-17-8-7-15(3)13-9-11(14)5-6-12(13)10(2)16/h5-6,9H,4,7-8H2,1-3H3. The lowest BCUT2D eigenvalue weighted by Crippen LogP contribution is -2.24. The van der Waals surface area contributed by atoms with Gasteiger partial charge in [0.1, 0.15) is 0 Å². The van der Waals surface area contributed by atoms with Gasteiger partial charge in [0, 0.05) is 35.9 Å². The summed E-state index contributed by atoms with van der Waals surface area (Å²) in [5.41, 5.74) is 1.68. The molecule has 0 amide bonds. The molecule has 0 atom stereocenters. The molecule has 0 unspecified atom stereocenters. The Morgan fingerprint density at radius 2 is 2.18 bits per heavy atom. The monoisotopic (exact) mass is 299 g/mol. The number of halogens is 1. The summed E-state index contributed by atoms with van der Waals surface area (Å²) in [6.45, 7) is 5.70. The van der Waals surface area contributed by atoms with Crippen LogP contribution in [0.3, 0.4) is 0 Å². The van der Waals surface area contributed by atoms with E-state index in [0.29, 0.717) is 13.2 Å². The SMILES string of the molecule is CCOCCN(C)c1cc(Br)ccc1C(C)=O. The lowest BCUT2D eigenvalue weighted by molar-refractivity contribution is 0.101. The summed E-state index contributed by atoms with van der Waals surface area (Å²) in [6.07, 6.45) is 0. The second kappa shape index (κ2) is 6.77. The van der Waals surface area contributed by atoms with Crippen molar-refractivity contribution in [1.29, 1.82) is 0 Å². The Balaban J connectivity index is 2.86. The highest BCUT2D eigenvalue weighted by atomic mass is 79.9. The Bertz CT molecular complexity index is 393. The van der Waals surface area contributed by atoms with Crippen molar-refractivity contribution in [3.05, 3.63) is 28.2 Å². The molecule has 3 nitrogen and oxygen atoms in total. The number of benzene rings is 1. The van der Waals surface area contributed by atoms with Crippen molar-refractivity contribution in [1.82, 2.24) is 0 Å². The number of hydrogen-bond donors (Lipinski definition) is 0. The molecule has 4 heteroatoms. The third kappa shape index (κ3) is 4.13. The fourth-order valence-electron chi connectivity index (χ4n) is 1.58. The number of likely N-dealkylation sites (N-methyl/N-ethyl adjacent to an activating group) is 1. The first kappa shape index (κ1) is 14.2. The average molecular weight is 300 g/mol. The highest BCUT2D eigenvalue weighted by Crippen LogP contribution is 2.24. The highest BCUT2D eigenvalue weighted by Gasteiger charge is 2.11. The number of hydrogen-bond acceptors (Lipinski definition) is 3. The maximum atomic E-state index is 11.5. The Labute approximate surface area is 111 Å². The van der Waals surface area contributed by atoms with Crippen LogP contribution in [-0.4, -0.2) is 32.6 Å². The molecule has 0 aromatic heterocycles. The molecule has 94 valence electrons. The van der Waals surface area contributed by atoms with Crippen LogP contribution < -0.4 is 4.90 Å². The molecule has 1 aromatic carbocycles. The van der Waals surface area contributed by atoms with Crippen LogP contribution >= 0.6 is 15.9 Å². The Morgan fingerprint density at radius 3 is 2.76 bits per heavy atom. The second-order valence-electron chi connectivity index (χ2n) is 3.84. The number of carbonyl (C=O) groups excluding carboxylic acids is 1. The zero-order valence-corrected chi connectivity index (χ0v) is 12.1. The van der Waals surface area contributed by atoms with Gasteiger partial charge >= 0.3 is 0 Å². The van der Waals surface area contributed by atoms with Crippen LogP contribution in [0.2, 0.25) is 0 Å². The number of ether oxygens (including phenoxy) is 1. The minimum absolute atomic E-state index is 0.0794. The molecule has 17 heavy (non-hydrogen) atoms. The van der Waals surface area contributed by atoms with Crippen molar-refractivity contribution in [3.63, 3.8) is 0 Å². The molecule has 1 rings (SSSR count). The lowest BCUT2D eigenvalue weighted by Gasteiger charge is -2.21. The third-order valence-electron chi connectivity index (χ3n) is 2.53. The quantitative estimate of drug-likeness (QED) is 0.597. The van der Waals surface area contributed by atoms with E-state index in [4.69, 9.17) is 4.74 Å². The molecular formula is C13H18BrNO2. The Morgan fingerprint density at radius 1 is 1.47 bits per heavy atom. The first-order chi connectivity index (χ1) is 8.06. The van der Waals surface area contributed by atoms with Crippen molar-refractivity contribution >= 4 is 27.4 Å². The molecule has 0 bridgehead atoms. The van der Waals surface area contributed by atoms with E-state index in [1.54, 1.807) is 6.92 Å². The minimum Gasteiger partial charge on any atom is -0.380 e. The molecule has 0 saturated heterocycles. The van der Waals surface area contributed by atoms with Gasteiger partial charge in [-0.1, -0.05) is 15.9 Å². The van der Waals surface area contributed by atoms with Crippen LogP contribution in [0.25, 0.3) is 0 Å². The zero-order chi connectivity index (χ0) is 12.8. The van der Waals surface area contributed by atoms with Gasteiger partial charge in [-0.05, 0) is 32.0 Å². The topological polar surface area (TPSA) is 29.5 Å². The fourth-order valence-corrected chi connectivity index (χ4v) is 1.93. The molecule has 0 fully saturated rings. The molecule has 0 heterocycles. The van der Waals surface area contributed by atoms with Crippen molar-refractivity contribution in [2.24, 2.45) is 0 Å². The minimum atomic E-state index is 0.0794. The van der Waals surface area contributed by atoms with Gasteiger partial charge < -0.3 is 9.64 Å². The largest absolute Gasteiger partial charge is 0.380 e. The van der Waals surface area contributed by atoms with Crippen LogP contribution in [0.5, 0.6) is 0 Å². The van der Waals surface area contributed by atoms with E-state index in [9.17, 15) is 4.79 Å². The van der Waals surface area contributed by atoms with Gasteiger partial charge in [-0.15, -0.1) is 0 Å². The molecule has 0 spiro atoms. The summed E-state index contributed by atoms with van der Waals surface area (Å²) in [6, 6.07) is 5.69. The van der Waals surface area contributed by atoms with Gasteiger partial charge in [-0.2, -0.15) is 0 Å². The van der Waals surface area contributed by atoms with E-state index < -0.39 is 0 Å². The van der Waals surface area contributed by atoms with Crippen LogP contribution in [0, 0.1) is 0 Å². The number of rotatable bonds is 6. The van der Waals surface area contributed by atoms with Gasteiger partial charge in [-0.25, -0.2) is 0 Å². The smallest absolute Gasteiger partial charge is 0.161 e. The predicted molar refractivity (Wildman–Crippen MR) is 73.9 cm³/mol. The molecular weight excluding hydrogens is 282 g/mol. The molecule has 0 radical (unpaired) electrons. The van der Waals surface area contributed by atoms with Crippen LogP contribution in [-0.2, 0) is 4.74 Å². The van der Waals surface area contributed by atoms with E-state index in [1.807, 2.05) is 37.1 Å². The van der Waals surface area contributed by atoms with Crippen molar-refractivity contribution in [3.8, 4) is 0 Å². The van der Waals surface area contributed by atoms with Gasteiger partial charge in [0.15, 0.2) is 5.78 Å². The van der Waals surface area contributed by atoms with Gasteiger partial charge in [0.25, 0.3) is 0 Å². The maximum Gasteiger partial charge on any atom is 0.161 e. The summed E-state index contributed by atoms with van der Waals surface area (Å²) in [7, 11) is 1.97. The van der Waals surface area contributed by atoms with Crippen LogP contribution in [0.15, 0.2) is 22.7 Å². The van der Waals surface area contributed by atoms with Gasteiger partial charge in [-0.3, -0.25) is 4.79 Å². The van der Waals surface area contributed by atoms with E-state index in [0.717, 1.165) is 22.3 Å². The van der Waals surface area contributed by atoms with E-state index >= 15 is 0 Å². The van der Waals surface area contributed by atoms with Crippen molar-refractivity contribution in [2.45, 2.75) is 13.8 Å².